The van der Waals surface area contributed by atoms with Gasteiger partial charge in [-0.2, -0.15) is 0 Å². The van der Waals surface area contributed by atoms with Crippen molar-refractivity contribution in [2.75, 3.05) is 24.4 Å². The molecule has 0 aliphatic heterocycles. The minimum absolute atomic E-state index is 0.0282. The SMILES string of the molecule is CC(C)(CNS(=O)(=O)CCCCCl)S(C)(=O)=O. The molecule has 104 valence electrons. The maximum absolute atomic E-state index is 11.5. The highest BCUT2D eigenvalue weighted by Gasteiger charge is 2.31. The zero-order valence-corrected chi connectivity index (χ0v) is 12.8. The van der Waals surface area contributed by atoms with Crippen LogP contribution in [0.15, 0.2) is 0 Å². The molecule has 5 nitrogen and oxygen atoms in total. The number of alkyl halides is 1. The number of halogens is 1. The molecule has 0 amide bonds. The van der Waals surface area contributed by atoms with Crippen LogP contribution in [0.3, 0.4) is 0 Å². The summed E-state index contributed by atoms with van der Waals surface area (Å²) < 4.78 is 47.0. The molecule has 0 aliphatic rings. The van der Waals surface area contributed by atoms with Gasteiger partial charge >= 0.3 is 0 Å². The van der Waals surface area contributed by atoms with Crippen LogP contribution in [0.25, 0.3) is 0 Å². The molecule has 0 radical (unpaired) electrons. The molecule has 8 heteroatoms. The molecular weight excluding hydrogens is 286 g/mol. The molecule has 0 aromatic rings. The van der Waals surface area contributed by atoms with Crippen LogP contribution in [0.2, 0.25) is 0 Å². The summed E-state index contributed by atoms with van der Waals surface area (Å²) in [5, 5.41) is 0. The first-order valence-corrected chi connectivity index (χ1v) is 9.32. The summed E-state index contributed by atoms with van der Waals surface area (Å²) in [6.07, 6.45) is 2.19. The molecule has 0 heterocycles. The number of sulfone groups is 1. The number of hydrogen-bond acceptors (Lipinski definition) is 4. The minimum atomic E-state index is -3.42. The number of hydrogen-bond donors (Lipinski definition) is 1. The van der Waals surface area contributed by atoms with E-state index in [1.165, 1.54) is 13.8 Å². The molecule has 0 aromatic carbocycles. The first-order valence-electron chi connectivity index (χ1n) is 5.25. The lowest BCUT2D eigenvalue weighted by atomic mass is 10.2. The van der Waals surface area contributed by atoms with E-state index in [1.54, 1.807) is 0 Å². The standard InChI is InChI=1S/C9H20ClNO4S2/c1-9(2,16(3,12)13)8-11-17(14,15)7-5-4-6-10/h11H,4-8H2,1-3H3. The molecular formula is C9H20ClNO4S2. The number of nitrogens with one attached hydrogen (secondary N) is 1. The Morgan fingerprint density at radius 2 is 1.65 bits per heavy atom. The van der Waals surface area contributed by atoms with Crippen molar-refractivity contribution in [3.05, 3.63) is 0 Å². The van der Waals surface area contributed by atoms with Gasteiger partial charge in [0.15, 0.2) is 9.84 Å². The molecule has 0 atom stereocenters. The van der Waals surface area contributed by atoms with Crippen LogP contribution in [0.5, 0.6) is 0 Å². The van der Waals surface area contributed by atoms with Gasteiger partial charge in [-0.25, -0.2) is 21.6 Å². The highest BCUT2D eigenvalue weighted by atomic mass is 35.5. The second kappa shape index (κ2) is 6.36. The zero-order chi connectivity index (χ0) is 13.7. The summed E-state index contributed by atoms with van der Waals surface area (Å²) in [6, 6.07) is 0. The smallest absolute Gasteiger partial charge is 0.211 e. The van der Waals surface area contributed by atoms with Gasteiger partial charge in [0, 0.05) is 18.7 Å². The first kappa shape index (κ1) is 17.2. The van der Waals surface area contributed by atoms with Gasteiger partial charge in [0.05, 0.1) is 10.5 Å². The molecule has 0 fully saturated rings. The molecule has 0 aliphatic carbocycles. The topological polar surface area (TPSA) is 80.3 Å². The molecule has 0 rings (SSSR count). The lowest BCUT2D eigenvalue weighted by molar-refractivity contribution is 0.536. The summed E-state index contributed by atoms with van der Waals surface area (Å²) in [7, 11) is -6.72. The van der Waals surface area contributed by atoms with Crippen LogP contribution in [0.4, 0.5) is 0 Å². The van der Waals surface area contributed by atoms with Crippen LogP contribution in [-0.4, -0.2) is 46.0 Å². The Hall–Kier alpha value is 0.150. The van der Waals surface area contributed by atoms with Gasteiger partial charge in [-0.1, -0.05) is 0 Å². The van der Waals surface area contributed by atoms with Crippen molar-refractivity contribution in [2.24, 2.45) is 0 Å². The lowest BCUT2D eigenvalue weighted by Gasteiger charge is -2.22. The van der Waals surface area contributed by atoms with Crippen LogP contribution in [0.1, 0.15) is 26.7 Å². The van der Waals surface area contributed by atoms with Crippen molar-refractivity contribution in [1.29, 1.82) is 0 Å². The predicted octanol–water partition coefficient (Wildman–Crippen LogP) is 0.748. The van der Waals surface area contributed by atoms with Crippen molar-refractivity contribution >= 4 is 31.5 Å². The molecule has 0 saturated heterocycles. The number of rotatable bonds is 8. The monoisotopic (exact) mass is 305 g/mol. The van der Waals surface area contributed by atoms with Crippen molar-refractivity contribution in [2.45, 2.75) is 31.4 Å². The molecule has 0 unspecified atom stereocenters. The van der Waals surface area contributed by atoms with E-state index in [-0.39, 0.29) is 12.3 Å². The van der Waals surface area contributed by atoms with Gasteiger partial charge in [0.25, 0.3) is 0 Å². The molecule has 0 bridgehead atoms. The van der Waals surface area contributed by atoms with Gasteiger partial charge in [0.2, 0.25) is 10.0 Å². The summed E-state index contributed by atoms with van der Waals surface area (Å²) in [5.74, 6) is 0.393. The number of unbranched alkanes of at least 4 members (excludes halogenated alkanes) is 1. The highest BCUT2D eigenvalue weighted by Crippen LogP contribution is 2.14. The summed E-state index contributed by atoms with van der Waals surface area (Å²) in [6.45, 7) is 2.86. The van der Waals surface area contributed by atoms with E-state index in [1.807, 2.05) is 0 Å². The Morgan fingerprint density at radius 1 is 1.12 bits per heavy atom. The molecule has 0 spiro atoms. The largest absolute Gasteiger partial charge is 0.229 e. The fourth-order valence-electron chi connectivity index (χ4n) is 0.874. The average molecular weight is 306 g/mol. The van der Waals surface area contributed by atoms with Crippen molar-refractivity contribution in [3.63, 3.8) is 0 Å². The van der Waals surface area contributed by atoms with Crippen molar-refractivity contribution < 1.29 is 16.8 Å². The predicted molar refractivity (Wildman–Crippen MR) is 70.7 cm³/mol. The summed E-state index contributed by atoms with van der Waals surface area (Å²) in [4.78, 5) is 0. The normalized spacial score (nSPS) is 13.9. The van der Waals surface area contributed by atoms with E-state index in [0.29, 0.717) is 18.7 Å². The molecule has 0 aromatic heterocycles. The Balaban J connectivity index is 4.38. The van der Waals surface area contributed by atoms with Crippen LogP contribution in [-0.2, 0) is 19.9 Å². The van der Waals surface area contributed by atoms with Crippen LogP contribution in [0, 0.1) is 0 Å². The number of sulfonamides is 1. The van der Waals surface area contributed by atoms with E-state index in [2.05, 4.69) is 4.72 Å². The van der Waals surface area contributed by atoms with Gasteiger partial charge in [0.1, 0.15) is 0 Å². The van der Waals surface area contributed by atoms with Gasteiger partial charge in [-0.05, 0) is 26.7 Å². The Labute approximate surface area is 109 Å². The second-order valence-electron chi connectivity index (χ2n) is 4.57. The molecule has 17 heavy (non-hydrogen) atoms. The Kier molecular flexibility index (Phi) is 6.41. The van der Waals surface area contributed by atoms with Crippen LogP contribution < -0.4 is 4.72 Å². The summed E-state index contributed by atoms with van der Waals surface area (Å²) in [5.41, 5.74) is 0. The van der Waals surface area contributed by atoms with Crippen molar-refractivity contribution in [1.82, 2.24) is 4.72 Å². The van der Waals surface area contributed by atoms with Gasteiger partial charge < -0.3 is 0 Å². The van der Waals surface area contributed by atoms with E-state index >= 15 is 0 Å². The van der Waals surface area contributed by atoms with Crippen LogP contribution >= 0.6 is 11.6 Å². The average Bonchev–Trinajstić information content (AvgIpc) is 2.14. The summed E-state index contributed by atoms with van der Waals surface area (Å²) >= 11 is 5.45. The first-order chi connectivity index (χ1) is 7.52. The lowest BCUT2D eigenvalue weighted by Crippen LogP contribution is -2.44. The van der Waals surface area contributed by atoms with Crippen molar-refractivity contribution in [3.8, 4) is 0 Å². The van der Waals surface area contributed by atoms with E-state index in [4.69, 9.17) is 11.6 Å². The third-order valence-corrected chi connectivity index (χ3v) is 6.35. The third-order valence-electron chi connectivity index (χ3n) is 2.52. The minimum Gasteiger partial charge on any atom is -0.229 e. The second-order valence-corrected chi connectivity index (χ2v) is 9.52. The Bertz CT molecular complexity index is 428. The highest BCUT2D eigenvalue weighted by molar-refractivity contribution is 7.92. The maximum atomic E-state index is 11.5. The maximum Gasteiger partial charge on any atom is 0.211 e. The van der Waals surface area contributed by atoms with Gasteiger partial charge in [-0.3, -0.25) is 0 Å². The quantitative estimate of drug-likeness (QED) is 0.530. The van der Waals surface area contributed by atoms with Gasteiger partial charge in [-0.15, -0.1) is 11.6 Å². The fourth-order valence-corrected chi connectivity index (χ4v) is 2.80. The van der Waals surface area contributed by atoms with E-state index < -0.39 is 24.6 Å². The molecule has 0 saturated carbocycles. The molecule has 1 N–H and O–H groups in total. The zero-order valence-electron chi connectivity index (χ0n) is 10.4. The fraction of sp³-hybridized carbons (Fsp3) is 1.00. The Morgan fingerprint density at radius 3 is 2.06 bits per heavy atom. The van der Waals surface area contributed by atoms with E-state index in [9.17, 15) is 16.8 Å². The van der Waals surface area contributed by atoms with E-state index in [0.717, 1.165) is 6.26 Å². The third kappa shape index (κ3) is 6.59.